The van der Waals surface area contributed by atoms with Gasteiger partial charge < -0.3 is 20.5 Å². The predicted octanol–water partition coefficient (Wildman–Crippen LogP) is 4.70. The molecule has 186 valence electrons. The molecule has 2 amide bonds. The molecule has 0 aliphatic heterocycles. The Morgan fingerprint density at radius 1 is 1.03 bits per heavy atom. The predicted molar refractivity (Wildman–Crippen MR) is 133 cm³/mol. The van der Waals surface area contributed by atoms with Crippen LogP contribution in [0.1, 0.15) is 62.5 Å². The molecule has 0 saturated heterocycles. The fourth-order valence-electron chi connectivity index (χ4n) is 5.33. The highest BCUT2D eigenvalue weighted by Crippen LogP contribution is 2.44. The summed E-state index contributed by atoms with van der Waals surface area (Å²) in [6.45, 7) is 2.41. The lowest BCUT2D eigenvalue weighted by Crippen LogP contribution is -2.40. The minimum absolute atomic E-state index is 0.0159. The van der Waals surface area contributed by atoms with Gasteiger partial charge in [0.05, 0.1) is 5.92 Å². The van der Waals surface area contributed by atoms with Crippen molar-refractivity contribution in [1.82, 2.24) is 10.6 Å². The molecule has 1 unspecified atom stereocenters. The highest BCUT2D eigenvalue weighted by atomic mass is 16.5. The molecule has 0 bridgehead atoms. The number of alkyl carbamates (subject to hydrolysis) is 1. The second-order valence-electron chi connectivity index (χ2n) is 9.70. The Labute approximate surface area is 206 Å². The van der Waals surface area contributed by atoms with Crippen LogP contribution in [0.25, 0.3) is 11.1 Å². The molecule has 2 aromatic carbocycles. The van der Waals surface area contributed by atoms with Gasteiger partial charge in [-0.25, -0.2) is 4.79 Å². The third kappa shape index (κ3) is 6.02. The van der Waals surface area contributed by atoms with E-state index in [0.29, 0.717) is 25.8 Å². The number of amides is 2. The Hall–Kier alpha value is -3.35. The van der Waals surface area contributed by atoms with Gasteiger partial charge in [-0.2, -0.15) is 0 Å². The highest BCUT2D eigenvalue weighted by Gasteiger charge is 2.32. The van der Waals surface area contributed by atoms with Crippen molar-refractivity contribution in [1.29, 1.82) is 0 Å². The third-order valence-electron chi connectivity index (χ3n) is 7.31. The number of carbonyl (C=O) groups is 3. The first-order valence-electron chi connectivity index (χ1n) is 12.5. The molecule has 2 aromatic rings. The van der Waals surface area contributed by atoms with E-state index in [1.807, 2.05) is 24.3 Å². The summed E-state index contributed by atoms with van der Waals surface area (Å²) >= 11 is 0. The van der Waals surface area contributed by atoms with Gasteiger partial charge in [-0.3, -0.25) is 9.59 Å². The Balaban J connectivity index is 1.24. The van der Waals surface area contributed by atoms with E-state index in [1.165, 1.54) is 22.3 Å². The molecule has 7 nitrogen and oxygen atoms in total. The molecule has 3 atom stereocenters. The molecule has 1 saturated carbocycles. The SMILES string of the molecule is CC(CCCNC(=O)C[C@@H]1CCC[C@H]1NC(=O)OCC1c2ccccc2-c2ccccc21)C(=O)O. The largest absolute Gasteiger partial charge is 0.481 e. The number of fused-ring (bicyclic) bond motifs is 3. The minimum Gasteiger partial charge on any atom is -0.481 e. The van der Waals surface area contributed by atoms with Crippen LogP contribution < -0.4 is 10.6 Å². The van der Waals surface area contributed by atoms with Crippen molar-refractivity contribution >= 4 is 18.0 Å². The molecule has 0 aromatic heterocycles. The lowest BCUT2D eigenvalue weighted by molar-refractivity contribution is -0.141. The van der Waals surface area contributed by atoms with Crippen LogP contribution in [0, 0.1) is 11.8 Å². The number of carboxylic acid groups (broad SMARTS) is 1. The Morgan fingerprint density at radius 3 is 2.34 bits per heavy atom. The highest BCUT2D eigenvalue weighted by molar-refractivity contribution is 5.79. The van der Waals surface area contributed by atoms with E-state index in [2.05, 4.69) is 34.9 Å². The molecule has 0 radical (unpaired) electrons. The van der Waals surface area contributed by atoms with Crippen LogP contribution in [0.3, 0.4) is 0 Å². The van der Waals surface area contributed by atoms with Crippen LogP contribution in [-0.2, 0) is 14.3 Å². The average molecular weight is 479 g/mol. The summed E-state index contributed by atoms with van der Waals surface area (Å²) in [5, 5.41) is 14.8. The fraction of sp³-hybridized carbons (Fsp3) is 0.464. The maximum absolute atomic E-state index is 12.7. The molecule has 2 aliphatic rings. The van der Waals surface area contributed by atoms with Crippen LogP contribution >= 0.6 is 0 Å². The fourth-order valence-corrected chi connectivity index (χ4v) is 5.33. The molecule has 4 rings (SSSR count). The maximum Gasteiger partial charge on any atom is 0.407 e. The van der Waals surface area contributed by atoms with Crippen molar-refractivity contribution < 1.29 is 24.2 Å². The van der Waals surface area contributed by atoms with Crippen LogP contribution in [0.2, 0.25) is 0 Å². The van der Waals surface area contributed by atoms with E-state index in [4.69, 9.17) is 9.84 Å². The van der Waals surface area contributed by atoms with Crippen molar-refractivity contribution in [3.05, 3.63) is 59.7 Å². The van der Waals surface area contributed by atoms with Gasteiger partial charge in [0.1, 0.15) is 6.61 Å². The van der Waals surface area contributed by atoms with E-state index in [9.17, 15) is 14.4 Å². The van der Waals surface area contributed by atoms with E-state index < -0.39 is 18.0 Å². The zero-order valence-corrected chi connectivity index (χ0v) is 20.2. The first-order chi connectivity index (χ1) is 16.9. The first kappa shape index (κ1) is 24.8. The second kappa shape index (κ2) is 11.4. The Bertz CT molecular complexity index is 1020. The zero-order valence-electron chi connectivity index (χ0n) is 20.2. The van der Waals surface area contributed by atoms with Gasteiger partial charge in [0.2, 0.25) is 5.91 Å². The van der Waals surface area contributed by atoms with E-state index >= 15 is 0 Å². The maximum atomic E-state index is 12.7. The summed E-state index contributed by atoms with van der Waals surface area (Å²) in [6, 6.07) is 16.4. The van der Waals surface area contributed by atoms with E-state index in [-0.39, 0.29) is 30.4 Å². The molecule has 7 heteroatoms. The van der Waals surface area contributed by atoms with Crippen molar-refractivity contribution in [2.75, 3.05) is 13.2 Å². The number of carboxylic acids is 1. The van der Waals surface area contributed by atoms with Gasteiger partial charge >= 0.3 is 12.1 Å². The van der Waals surface area contributed by atoms with E-state index in [0.717, 1.165) is 19.3 Å². The van der Waals surface area contributed by atoms with E-state index in [1.54, 1.807) is 6.92 Å². The molecule has 3 N–H and O–H groups in total. The number of hydrogen-bond acceptors (Lipinski definition) is 4. The Morgan fingerprint density at radius 2 is 1.69 bits per heavy atom. The van der Waals surface area contributed by atoms with Crippen LogP contribution in [0.15, 0.2) is 48.5 Å². The summed E-state index contributed by atoms with van der Waals surface area (Å²) in [5.74, 6) is -1.19. The molecule has 0 heterocycles. The quantitative estimate of drug-likeness (QED) is 0.429. The molecule has 35 heavy (non-hydrogen) atoms. The summed E-state index contributed by atoms with van der Waals surface area (Å²) in [5.41, 5.74) is 4.73. The van der Waals surface area contributed by atoms with Crippen LogP contribution in [0.5, 0.6) is 0 Å². The lowest BCUT2D eigenvalue weighted by Gasteiger charge is -2.21. The monoisotopic (exact) mass is 478 g/mol. The summed E-state index contributed by atoms with van der Waals surface area (Å²) in [4.78, 5) is 35.9. The summed E-state index contributed by atoms with van der Waals surface area (Å²) in [7, 11) is 0. The van der Waals surface area contributed by atoms with Gasteiger partial charge in [-0.1, -0.05) is 61.9 Å². The minimum atomic E-state index is -0.815. The molecular weight excluding hydrogens is 444 g/mol. The normalized spacial score (nSPS) is 19.5. The number of carbonyl (C=O) groups excluding carboxylic acids is 2. The van der Waals surface area contributed by atoms with Crippen molar-refractivity contribution in [2.24, 2.45) is 11.8 Å². The van der Waals surface area contributed by atoms with Gasteiger partial charge in [-0.15, -0.1) is 0 Å². The van der Waals surface area contributed by atoms with Crippen LogP contribution in [0.4, 0.5) is 4.79 Å². The smallest absolute Gasteiger partial charge is 0.407 e. The van der Waals surface area contributed by atoms with Gasteiger partial charge in [0, 0.05) is 24.9 Å². The van der Waals surface area contributed by atoms with Gasteiger partial charge in [0.15, 0.2) is 0 Å². The molecule has 1 fully saturated rings. The lowest BCUT2D eigenvalue weighted by atomic mass is 9.98. The molecule has 0 spiro atoms. The average Bonchev–Trinajstić information content (AvgIpc) is 3.42. The zero-order chi connectivity index (χ0) is 24.8. The number of ether oxygens (including phenoxy) is 1. The number of nitrogens with one attached hydrogen (secondary N) is 2. The summed E-state index contributed by atoms with van der Waals surface area (Å²) in [6.07, 6.45) is 3.75. The number of hydrogen-bond donors (Lipinski definition) is 3. The standard InChI is InChI=1S/C28H34N2O5/c1-18(27(32)33)8-7-15-29-26(31)16-19-9-6-14-25(19)30-28(34)35-17-24-22-12-4-2-10-20(22)21-11-3-5-13-23(21)24/h2-5,10-13,18-19,24-25H,6-9,14-17H2,1H3,(H,29,31)(H,30,34)(H,32,33)/t18?,19-,25+/m0/s1. The Kier molecular flexibility index (Phi) is 8.06. The van der Waals surface area contributed by atoms with Gasteiger partial charge in [-0.05, 0) is 53.9 Å². The van der Waals surface area contributed by atoms with Crippen molar-refractivity contribution in [2.45, 2.75) is 57.4 Å². The number of benzene rings is 2. The van der Waals surface area contributed by atoms with Gasteiger partial charge in [0.25, 0.3) is 0 Å². The topological polar surface area (TPSA) is 105 Å². The third-order valence-corrected chi connectivity index (χ3v) is 7.31. The molecule has 2 aliphatic carbocycles. The summed E-state index contributed by atoms with van der Waals surface area (Å²) < 4.78 is 5.68. The van der Waals surface area contributed by atoms with Crippen molar-refractivity contribution in [3.8, 4) is 11.1 Å². The number of aliphatic carboxylic acids is 1. The van der Waals surface area contributed by atoms with Crippen molar-refractivity contribution in [3.63, 3.8) is 0 Å². The van der Waals surface area contributed by atoms with Crippen LogP contribution in [-0.4, -0.2) is 42.3 Å². The number of rotatable bonds is 10. The molecular formula is C28H34N2O5. The second-order valence-corrected chi connectivity index (χ2v) is 9.70. The first-order valence-corrected chi connectivity index (χ1v) is 12.5.